The lowest BCUT2D eigenvalue weighted by Gasteiger charge is -2.26. The maximum Gasteiger partial charge on any atom is 0.0547 e. The van der Waals surface area contributed by atoms with Gasteiger partial charge in [-0.1, -0.05) is 194 Å². The molecule has 0 radical (unpaired) electrons. The zero-order chi connectivity index (χ0) is 45.2. The fourth-order valence-corrected chi connectivity index (χ4v) is 9.88. The predicted octanol–water partition coefficient (Wildman–Crippen LogP) is 18.3. The molecule has 0 unspecified atom stereocenters. The fourth-order valence-electron chi connectivity index (χ4n) is 9.88. The largest absolute Gasteiger partial charge is 0.310 e. The first kappa shape index (κ1) is 40.5. The van der Waals surface area contributed by atoms with Crippen molar-refractivity contribution in [2.45, 2.75) is 0 Å². The zero-order valence-electron chi connectivity index (χ0n) is 37.5. The minimum Gasteiger partial charge on any atom is -0.310 e. The van der Waals surface area contributed by atoms with Crippen LogP contribution in [0.2, 0.25) is 0 Å². The Bertz CT molecular complexity index is 3630. The molecule has 1 aromatic heterocycles. The number of benzene rings is 11. The van der Waals surface area contributed by atoms with Gasteiger partial charge in [0.1, 0.15) is 0 Å². The van der Waals surface area contributed by atoms with Crippen molar-refractivity contribution in [3.63, 3.8) is 0 Å². The number of aromatic nitrogens is 1. The van der Waals surface area contributed by atoms with Crippen LogP contribution in [0.5, 0.6) is 0 Å². The standard InChI is InChI=1S/C66H46N2/c1-5-18-47(19-6-1)52-24-15-25-53(42-52)50-34-38-59(39-35-50)67(60-40-36-51(37-41-60)57-44-55(48-20-7-2-8-21-48)43-56(45-57)49-22-9-3-10-23-49)61-29-16-26-54(46-61)62-31-17-33-65-66(62)63-30-13-14-32-64(63)68(65)58-27-11-4-12-28-58/h1-46H. The monoisotopic (exact) mass is 866 g/mol. The molecule has 0 aliphatic heterocycles. The average Bonchev–Trinajstić information content (AvgIpc) is 3.77. The molecule has 12 rings (SSSR count). The van der Waals surface area contributed by atoms with Crippen LogP contribution in [0.1, 0.15) is 0 Å². The Balaban J connectivity index is 0.978. The number of nitrogens with zero attached hydrogens (tertiary/aromatic N) is 2. The second-order valence-corrected chi connectivity index (χ2v) is 17.3. The molecule has 68 heavy (non-hydrogen) atoms. The summed E-state index contributed by atoms with van der Waals surface area (Å²) in [4.78, 5) is 2.39. The highest BCUT2D eigenvalue weighted by molar-refractivity contribution is 6.16. The van der Waals surface area contributed by atoms with Crippen molar-refractivity contribution < 1.29 is 0 Å². The summed E-state index contributed by atoms with van der Waals surface area (Å²) < 4.78 is 2.39. The van der Waals surface area contributed by atoms with Crippen molar-refractivity contribution in [1.82, 2.24) is 4.57 Å². The van der Waals surface area contributed by atoms with Gasteiger partial charge in [-0.2, -0.15) is 0 Å². The molecule has 0 saturated heterocycles. The number of hydrogen-bond acceptors (Lipinski definition) is 1. The second-order valence-electron chi connectivity index (χ2n) is 17.3. The summed E-state index contributed by atoms with van der Waals surface area (Å²) in [5.41, 5.74) is 21.0. The molecule has 11 aromatic carbocycles. The van der Waals surface area contributed by atoms with Crippen LogP contribution in [0.15, 0.2) is 279 Å². The van der Waals surface area contributed by atoms with Crippen LogP contribution in [-0.4, -0.2) is 4.57 Å². The van der Waals surface area contributed by atoms with Crippen LogP contribution in [0, 0.1) is 0 Å². The van der Waals surface area contributed by atoms with Gasteiger partial charge < -0.3 is 9.47 Å². The quantitative estimate of drug-likeness (QED) is 0.133. The molecule has 0 aliphatic rings. The molecular weight excluding hydrogens is 821 g/mol. The van der Waals surface area contributed by atoms with Gasteiger partial charge in [-0.3, -0.25) is 0 Å². The van der Waals surface area contributed by atoms with Crippen LogP contribution in [0.25, 0.3) is 94.3 Å². The summed E-state index contributed by atoms with van der Waals surface area (Å²) >= 11 is 0. The van der Waals surface area contributed by atoms with Crippen LogP contribution in [0.4, 0.5) is 17.1 Å². The highest BCUT2D eigenvalue weighted by Gasteiger charge is 2.19. The number of fused-ring (bicyclic) bond motifs is 3. The Labute approximate surface area is 397 Å². The van der Waals surface area contributed by atoms with E-state index >= 15 is 0 Å². The minimum absolute atomic E-state index is 1.08. The minimum atomic E-state index is 1.08. The molecule has 0 spiro atoms. The summed E-state index contributed by atoms with van der Waals surface area (Å²) in [5, 5.41) is 2.48. The molecule has 0 aliphatic carbocycles. The van der Waals surface area contributed by atoms with E-state index in [0.29, 0.717) is 0 Å². The first-order chi connectivity index (χ1) is 33.7. The highest BCUT2D eigenvalue weighted by Crippen LogP contribution is 2.43. The van der Waals surface area contributed by atoms with E-state index in [1.807, 2.05) is 0 Å². The molecule has 320 valence electrons. The van der Waals surface area contributed by atoms with Gasteiger partial charge in [0.25, 0.3) is 0 Å². The lowest BCUT2D eigenvalue weighted by atomic mass is 9.93. The average molecular weight is 867 g/mol. The molecule has 1 heterocycles. The van der Waals surface area contributed by atoms with E-state index in [1.54, 1.807) is 0 Å². The first-order valence-electron chi connectivity index (χ1n) is 23.3. The number of hydrogen-bond donors (Lipinski definition) is 0. The molecular formula is C66H46N2. The number of para-hydroxylation sites is 2. The molecule has 0 amide bonds. The molecule has 0 fully saturated rings. The van der Waals surface area contributed by atoms with Crippen molar-refractivity contribution in [2.75, 3.05) is 4.90 Å². The van der Waals surface area contributed by atoms with Gasteiger partial charge in [0.15, 0.2) is 0 Å². The van der Waals surface area contributed by atoms with E-state index in [4.69, 9.17) is 0 Å². The molecule has 0 N–H and O–H groups in total. The van der Waals surface area contributed by atoms with Gasteiger partial charge in [0.2, 0.25) is 0 Å². The number of anilines is 3. The zero-order valence-corrected chi connectivity index (χ0v) is 37.5. The first-order valence-corrected chi connectivity index (χ1v) is 23.3. The summed E-state index contributed by atoms with van der Waals surface area (Å²) in [5.74, 6) is 0. The summed E-state index contributed by atoms with van der Waals surface area (Å²) in [7, 11) is 0. The lowest BCUT2D eigenvalue weighted by molar-refractivity contribution is 1.18. The van der Waals surface area contributed by atoms with Gasteiger partial charge in [-0.15, -0.1) is 0 Å². The van der Waals surface area contributed by atoms with Crippen molar-refractivity contribution in [2.24, 2.45) is 0 Å². The Hall–Kier alpha value is -8.98. The lowest BCUT2D eigenvalue weighted by Crippen LogP contribution is -2.10. The molecule has 12 aromatic rings. The summed E-state index contributed by atoms with van der Waals surface area (Å²) in [6, 6.07) is 101. The highest BCUT2D eigenvalue weighted by atomic mass is 15.1. The van der Waals surface area contributed by atoms with E-state index in [2.05, 4.69) is 289 Å². The topological polar surface area (TPSA) is 8.17 Å². The van der Waals surface area contributed by atoms with Gasteiger partial charge in [-0.25, -0.2) is 0 Å². The van der Waals surface area contributed by atoms with Crippen molar-refractivity contribution in [3.8, 4) is 72.4 Å². The van der Waals surface area contributed by atoms with Gasteiger partial charge >= 0.3 is 0 Å². The molecule has 0 bridgehead atoms. The Morgan fingerprint density at radius 3 is 1.21 bits per heavy atom. The molecule has 0 atom stereocenters. The van der Waals surface area contributed by atoms with Crippen LogP contribution >= 0.6 is 0 Å². The smallest absolute Gasteiger partial charge is 0.0547 e. The van der Waals surface area contributed by atoms with Crippen molar-refractivity contribution in [3.05, 3.63) is 279 Å². The maximum absolute atomic E-state index is 2.39. The normalized spacial score (nSPS) is 11.2. The van der Waals surface area contributed by atoms with Crippen molar-refractivity contribution in [1.29, 1.82) is 0 Å². The Morgan fingerprint density at radius 1 is 0.235 bits per heavy atom. The van der Waals surface area contributed by atoms with Crippen LogP contribution < -0.4 is 4.90 Å². The maximum atomic E-state index is 2.39. The van der Waals surface area contributed by atoms with Gasteiger partial charge in [0.05, 0.1) is 11.0 Å². The molecule has 2 heteroatoms. The van der Waals surface area contributed by atoms with E-state index in [1.165, 1.54) is 77.4 Å². The molecule has 2 nitrogen and oxygen atoms in total. The summed E-state index contributed by atoms with van der Waals surface area (Å²) in [6.45, 7) is 0. The fraction of sp³-hybridized carbons (Fsp3) is 0. The Morgan fingerprint density at radius 2 is 0.632 bits per heavy atom. The van der Waals surface area contributed by atoms with Gasteiger partial charge in [-0.05, 0) is 152 Å². The van der Waals surface area contributed by atoms with E-state index < -0.39 is 0 Å². The Kier molecular flexibility index (Phi) is 10.6. The van der Waals surface area contributed by atoms with Crippen molar-refractivity contribution >= 4 is 38.9 Å². The van der Waals surface area contributed by atoms with Crippen LogP contribution in [-0.2, 0) is 0 Å². The SMILES string of the molecule is c1ccc(-c2cccc(-c3ccc(N(c4ccc(-c5cc(-c6ccccc6)cc(-c6ccccc6)c5)cc4)c4cccc(-c5cccc6c5c5ccccc5n6-c5ccccc5)c4)cc3)c2)cc1. The van der Waals surface area contributed by atoms with E-state index in [-0.39, 0.29) is 0 Å². The number of rotatable bonds is 10. The third-order valence-electron chi connectivity index (χ3n) is 13.2. The molecule has 0 saturated carbocycles. The third-order valence-corrected chi connectivity index (χ3v) is 13.2. The van der Waals surface area contributed by atoms with Crippen LogP contribution in [0.3, 0.4) is 0 Å². The van der Waals surface area contributed by atoms with Gasteiger partial charge in [0, 0.05) is 33.5 Å². The predicted molar refractivity (Wildman–Crippen MR) is 288 cm³/mol. The third kappa shape index (κ3) is 7.74. The van der Waals surface area contributed by atoms with E-state index in [0.717, 1.165) is 33.9 Å². The second kappa shape index (κ2) is 17.8. The van der Waals surface area contributed by atoms with E-state index in [9.17, 15) is 0 Å². The summed E-state index contributed by atoms with van der Waals surface area (Å²) in [6.07, 6.45) is 0.